The molecule has 2 rings (SSSR count). The fourth-order valence-electron chi connectivity index (χ4n) is 3.00. The third kappa shape index (κ3) is 5.29. The molecule has 0 heterocycles. The Labute approximate surface area is 131 Å². The van der Waals surface area contributed by atoms with E-state index in [4.69, 9.17) is 0 Å². The van der Waals surface area contributed by atoms with Crippen LogP contribution in [0.3, 0.4) is 0 Å². The maximum absolute atomic E-state index is 2.41. The van der Waals surface area contributed by atoms with Crippen LogP contribution >= 0.6 is 7.92 Å². The molecule has 0 nitrogen and oxygen atoms in total. The summed E-state index contributed by atoms with van der Waals surface area (Å²) in [6.45, 7) is 9.44. The topological polar surface area (TPSA) is 0 Å². The summed E-state index contributed by atoms with van der Waals surface area (Å²) in [4.78, 5) is 0. The first kappa shape index (κ1) is 16.2. The van der Waals surface area contributed by atoms with E-state index in [1.807, 2.05) is 0 Å². The molecule has 2 aromatic rings. The lowest BCUT2D eigenvalue weighted by Gasteiger charge is -2.27. The Morgan fingerprint density at radius 3 is 1.62 bits per heavy atom. The van der Waals surface area contributed by atoms with Crippen molar-refractivity contribution in [3.8, 4) is 0 Å². The largest absolute Gasteiger partial charge is 0.0622 e. The Bertz CT molecular complexity index is 485. The molecule has 1 heteroatoms. The lowest BCUT2D eigenvalue weighted by atomic mass is 9.86. The molecule has 1 atom stereocenters. The van der Waals surface area contributed by atoms with Crippen molar-refractivity contribution < 1.29 is 0 Å². The highest BCUT2D eigenvalue weighted by Gasteiger charge is 2.21. The van der Waals surface area contributed by atoms with E-state index in [1.54, 1.807) is 0 Å². The molecular weight excluding hydrogens is 271 g/mol. The minimum absolute atomic E-state index is 0.243. The average Bonchev–Trinajstić information content (AvgIpc) is 2.45. The summed E-state index contributed by atoms with van der Waals surface area (Å²) in [5.41, 5.74) is 0.411. The molecule has 0 amide bonds. The van der Waals surface area contributed by atoms with Crippen LogP contribution in [-0.2, 0) is 0 Å². The van der Waals surface area contributed by atoms with Crippen LogP contribution in [0.5, 0.6) is 0 Å². The van der Waals surface area contributed by atoms with Gasteiger partial charge in [-0.1, -0.05) is 88.4 Å². The Morgan fingerprint density at radius 2 is 1.24 bits per heavy atom. The van der Waals surface area contributed by atoms with Gasteiger partial charge < -0.3 is 0 Å². The van der Waals surface area contributed by atoms with E-state index < -0.39 is 0 Å². The zero-order valence-corrected chi connectivity index (χ0v) is 14.6. The minimum atomic E-state index is -0.243. The van der Waals surface area contributed by atoms with Gasteiger partial charge in [0, 0.05) is 0 Å². The van der Waals surface area contributed by atoms with Crippen molar-refractivity contribution in [2.24, 2.45) is 11.3 Å². The second kappa shape index (κ2) is 7.23. The predicted molar refractivity (Wildman–Crippen MR) is 97.2 cm³/mol. The lowest BCUT2D eigenvalue weighted by molar-refractivity contribution is 0.323. The van der Waals surface area contributed by atoms with Gasteiger partial charge >= 0.3 is 0 Å². The van der Waals surface area contributed by atoms with Crippen LogP contribution in [0.4, 0.5) is 0 Å². The van der Waals surface area contributed by atoms with Gasteiger partial charge in [0.15, 0.2) is 0 Å². The molecular formula is C20H27P. The molecule has 0 fully saturated rings. The third-order valence-electron chi connectivity index (χ3n) is 3.59. The molecule has 0 radical (unpaired) electrons. The van der Waals surface area contributed by atoms with E-state index in [0.717, 1.165) is 5.92 Å². The van der Waals surface area contributed by atoms with Gasteiger partial charge in [0.25, 0.3) is 0 Å². The average molecular weight is 298 g/mol. The smallest absolute Gasteiger partial charge is 0.0195 e. The van der Waals surface area contributed by atoms with Crippen molar-refractivity contribution in [2.75, 3.05) is 6.16 Å². The molecule has 0 aliphatic heterocycles. The Hall–Kier alpha value is -1.13. The van der Waals surface area contributed by atoms with Crippen LogP contribution in [-0.4, -0.2) is 6.16 Å². The first-order valence-electron chi connectivity index (χ1n) is 7.83. The zero-order valence-electron chi connectivity index (χ0n) is 13.7. The summed E-state index contributed by atoms with van der Waals surface area (Å²) in [6, 6.07) is 22.1. The highest BCUT2D eigenvalue weighted by atomic mass is 31.1. The van der Waals surface area contributed by atoms with Gasteiger partial charge in [-0.05, 0) is 42.4 Å². The van der Waals surface area contributed by atoms with Crippen LogP contribution in [0.25, 0.3) is 0 Å². The predicted octanol–water partition coefficient (Wildman–Crippen LogP) is 5.19. The van der Waals surface area contributed by atoms with E-state index >= 15 is 0 Å². The standard InChI is InChI=1S/C20H27P/c1-17(15-20(2,3)4)16-21(18-11-7-5-8-12-18)19-13-9-6-10-14-19/h5-14,17H,15-16H2,1-4H3. The molecule has 0 aliphatic carbocycles. The summed E-state index contributed by atoms with van der Waals surface area (Å²) in [5.74, 6) is 0.747. The van der Waals surface area contributed by atoms with E-state index in [-0.39, 0.29) is 7.92 Å². The molecule has 0 aliphatic rings. The van der Waals surface area contributed by atoms with Gasteiger partial charge in [-0.15, -0.1) is 0 Å². The van der Waals surface area contributed by atoms with E-state index in [0.29, 0.717) is 5.41 Å². The molecule has 0 aromatic heterocycles. The molecule has 0 bridgehead atoms. The highest BCUT2D eigenvalue weighted by Crippen LogP contribution is 2.38. The number of rotatable bonds is 5. The third-order valence-corrected chi connectivity index (χ3v) is 6.42. The first-order chi connectivity index (χ1) is 9.96. The molecule has 0 saturated heterocycles. The van der Waals surface area contributed by atoms with Crippen molar-refractivity contribution in [3.63, 3.8) is 0 Å². The van der Waals surface area contributed by atoms with Crippen LogP contribution in [0.1, 0.15) is 34.1 Å². The normalized spacial score (nSPS) is 13.4. The van der Waals surface area contributed by atoms with Crippen molar-refractivity contribution in [2.45, 2.75) is 34.1 Å². The van der Waals surface area contributed by atoms with Crippen molar-refractivity contribution in [1.29, 1.82) is 0 Å². The van der Waals surface area contributed by atoms with Gasteiger partial charge in [-0.2, -0.15) is 0 Å². The maximum Gasteiger partial charge on any atom is -0.0195 e. The van der Waals surface area contributed by atoms with Gasteiger partial charge in [0.1, 0.15) is 0 Å². The monoisotopic (exact) mass is 298 g/mol. The first-order valence-corrected chi connectivity index (χ1v) is 9.36. The van der Waals surface area contributed by atoms with Gasteiger partial charge in [0.2, 0.25) is 0 Å². The molecule has 0 saturated carbocycles. The van der Waals surface area contributed by atoms with Crippen molar-refractivity contribution >= 4 is 18.5 Å². The van der Waals surface area contributed by atoms with Gasteiger partial charge in [-0.25, -0.2) is 0 Å². The van der Waals surface area contributed by atoms with E-state index in [2.05, 4.69) is 88.4 Å². The molecule has 112 valence electrons. The van der Waals surface area contributed by atoms with E-state index in [9.17, 15) is 0 Å². The number of hydrogen-bond donors (Lipinski definition) is 0. The fraction of sp³-hybridized carbons (Fsp3) is 0.400. The summed E-state index contributed by atoms with van der Waals surface area (Å²) in [5, 5.41) is 3.00. The van der Waals surface area contributed by atoms with Crippen molar-refractivity contribution in [3.05, 3.63) is 60.7 Å². The maximum atomic E-state index is 2.41. The molecule has 2 aromatic carbocycles. The summed E-state index contributed by atoms with van der Waals surface area (Å²) < 4.78 is 0. The summed E-state index contributed by atoms with van der Waals surface area (Å²) >= 11 is 0. The van der Waals surface area contributed by atoms with Crippen LogP contribution < -0.4 is 10.6 Å². The molecule has 0 spiro atoms. The molecule has 1 unspecified atom stereocenters. The Morgan fingerprint density at radius 1 is 0.810 bits per heavy atom. The molecule has 21 heavy (non-hydrogen) atoms. The van der Waals surface area contributed by atoms with Crippen LogP contribution in [0.2, 0.25) is 0 Å². The summed E-state index contributed by atoms with van der Waals surface area (Å²) in [6.07, 6.45) is 2.56. The minimum Gasteiger partial charge on any atom is -0.0622 e. The summed E-state index contributed by atoms with van der Waals surface area (Å²) in [7, 11) is -0.243. The fourth-order valence-corrected chi connectivity index (χ4v) is 5.53. The van der Waals surface area contributed by atoms with Crippen molar-refractivity contribution in [1.82, 2.24) is 0 Å². The molecule has 0 N–H and O–H groups in total. The highest BCUT2D eigenvalue weighted by molar-refractivity contribution is 7.73. The number of hydrogen-bond acceptors (Lipinski definition) is 0. The van der Waals surface area contributed by atoms with Gasteiger partial charge in [0.05, 0.1) is 0 Å². The van der Waals surface area contributed by atoms with E-state index in [1.165, 1.54) is 23.2 Å². The second-order valence-corrected chi connectivity index (χ2v) is 9.41. The second-order valence-electron chi connectivity index (χ2n) is 7.15. The zero-order chi connectivity index (χ0) is 15.3. The quantitative estimate of drug-likeness (QED) is 0.666. The van der Waals surface area contributed by atoms with Crippen LogP contribution in [0, 0.1) is 11.3 Å². The van der Waals surface area contributed by atoms with Gasteiger partial charge in [-0.3, -0.25) is 0 Å². The SMILES string of the molecule is CC(CP(c1ccccc1)c1ccccc1)CC(C)(C)C. The Kier molecular flexibility index (Phi) is 5.59. The van der Waals surface area contributed by atoms with Crippen LogP contribution in [0.15, 0.2) is 60.7 Å². The number of benzene rings is 2. The lowest BCUT2D eigenvalue weighted by Crippen LogP contribution is -2.20. The Balaban J connectivity index is 2.21.